The van der Waals surface area contributed by atoms with Gasteiger partial charge in [-0.1, -0.05) is 59.8 Å². The summed E-state index contributed by atoms with van der Waals surface area (Å²) in [6.07, 6.45) is 1.55. The van der Waals surface area contributed by atoms with Crippen LogP contribution < -0.4 is 4.74 Å². The third-order valence-electron chi connectivity index (χ3n) is 8.94. The molecular formula is C30H45F3O4Si2. The first-order valence-corrected chi connectivity index (χ1v) is 19.5. The molecule has 0 aliphatic heterocycles. The van der Waals surface area contributed by atoms with Crippen molar-refractivity contribution >= 4 is 22.4 Å². The summed E-state index contributed by atoms with van der Waals surface area (Å²) < 4.78 is 58.7. The average Bonchev–Trinajstić information content (AvgIpc) is 3.25. The highest BCUT2D eigenvalue weighted by atomic mass is 28.4. The largest absolute Gasteiger partial charge is 0.546 e. The van der Waals surface area contributed by atoms with Crippen molar-refractivity contribution in [3.63, 3.8) is 0 Å². The maximum absolute atomic E-state index is 13.2. The van der Waals surface area contributed by atoms with Gasteiger partial charge >= 0.3 is 6.18 Å². The molecule has 2 aliphatic carbocycles. The molecule has 3 rings (SSSR count). The van der Waals surface area contributed by atoms with E-state index < -0.39 is 34.5 Å². The molecule has 1 fully saturated rings. The van der Waals surface area contributed by atoms with Crippen molar-refractivity contribution in [3.05, 3.63) is 53.8 Å². The lowest BCUT2D eigenvalue weighted by Gasteiger charge is -2.38. The topological polar surface area (TPSA) is 44.8 Å². The summed E-state index contributed by atoms with van der Waals surface area (Å²) in [5, 5.41) is -0.0166. The van der Waals surface area contributed by atoms with Crippen molar-refractivity contribution in [1.29, 1.82) is 0 Å². The van der Waals surface area contributed by atoms with Gasteiger partial charge in [0.05, 0.1) is 17.4 Å². The highest BCUT2D eigenvalue weighted by Crippen LogP contribution is 2.50. The molecule has 0 heterocycles. The van der Waals surface area contributed by atoms with Gasteiger partial charge in [0.1, 0.15) is 18.1 Å². The summed E-state index contributed by atoms with van der Waals surface area (Å²) in [4.78, 5) is 12.7. The van der Waals surface area contributed by atoms with Crippen molar-refractivity contribution in [2.75, 3.05) is 6.61 Å². The Kier molecular flexibility index (Phi) is 8.82. The first kappa shape index (κ1) is 31.7. The summed E-state index contributed by atoms with van der Waals surface area (Å²) in [5.74, 6) is 1.07. The monoisotopic (exact) mass is 582 g/mol. The average molecular weight is 583 g/mol. The molecule has 218 valence electrons. The molecule has 9 heteroatoms. The number of carbonyl (C=O) groups excluding carboxylic acids is 1. The molecule has 2 aliphatic rings. The fraction of sp³-hybridized carbons (Fsp3) is 0.633. The maximum atomic E-state index is 13.2. The van der Waals surface area contributed by atoms with Crippen molar-refractivity contribution in [1.82, 2.24) is 0 Å². The Balaban J connectivity index is 1.81. The van der Waals surface area contributed by atoms with E-state index in [4.69, 9.17) is 13.6 Å². The molecule has 4 atom stereocenters. The van der Waals surface area contributed by atoms with Crippen LogP contribution in [0, 0.1) is 17.8 Å². The van der Waals surface area contributed by atoms with Crippen molar-refractivity contribution in [2.45, 2.75) is 96.5 Å². The number of benzene rings is 1. The van der Waals surface area contributed by atoms with Crippen LogP contribution in [0.3, 0.4) is 0 Å². The van der Waals surface area contributed by atoms with Gasteiger partial charge in [0, 0.05) is 24.2 Å². The van der Waals surface area contributed by atoms with E-state index in [1.807, 2.05) is 18.2 Å². The van der Waals surface area contributed by atoms with Gasteiger partial charge in [-0.05, 0) is 60.5 Å². The standard InChI is InChI=1S/C30H45F3O4Si2/c1-28(2,3)38(7,8)36-22(19-35-21-13-11-12-20(16-21)30(31,32)33)14-15-23-24-18-27(25(23)17-26(24)34)37-39(9,10)29(4,5)6/h11-16,18,22-25H,17,19H2,1-10H3/b15-14+/t22-,23?,24?,25?/m1/s1. The van der Waals surface area contributed by atoms with E-state index in [9.17, 15) is 18.0 Å². The predicted molar refractivity (Wildman–Crippen MR) is 155 cm³/mol. The van der Waals surface area contributed by atoms with Crippen LogP contribution in [0.2, 0.25) is 36.3 Å². The molecule has 1 aromatic rings. The third-order valence-corrected chi connectivity index (χ3v) is 17.8. The first-order valence-electron chi connectivity index (χ1n) is 13.7. The van der Waals surface area contributed by atoms with Gasteiger partial charge in [-0.2, -0.15) is 13.2 Å². The van der Waals surface area contributed by atoms with Crippen LogP contribution in [0.15, 0.2) is 48.3 Å². The van der Waals surface area contributed by atoms with Gasteiger partial charge in [0.15, 0.2) is 8.32 Å². The van der Waals surface area contributed by atoms with E-state index in [0.717, 1.165) is 17.9 Å². The molecule has 0 radical (unpaired) electrons. The van der Waals surface area contributed by atoms with Crippen LogP contribution in [0.4, 0.5) is 13.2 Å². The second-order valence-electron chi connectivity index (χ2n) is 13.9. The number of Topliss-reactive ketones (excluding diaryl/α,β-unsaturated/α-hetero) is 1. The number of hydrogen-bond donors (Lipinski definition) is 0. The Morgan fingerprint density at radius 2 is 1.62 bits per heavy atom. The number of ketones is 1. The second kappa shape index (κ2) is 10.9. The van der Waals surface area contributed by atoms with E-state index in [-0.39, 0.29) is 46.0 Å². The molecule has 1 aromatic carbocycles. The lowest BCUT2D eigenvalue weighted by atomic mass is 9.95. The molecule has 0 N–H and O–H groups in total. The Morgan fingerprint density at radius 3 is 2.18 bits per heavy atom. The molecule has 4 nitrogen and oxygen atoms in total. The summed E-state index contributed by atoms with van der Waals surface area (Å²) in [7, 11) is -4.28. The van der Waals surface area contributed by atoms with Crippen molar-refractivity contribution in [2.24, 2.45) is 17.8 Å². The molecule has 0 saturated heterocycles. The smallest absolute Gasteiger partial charge is 0.416 e. The molecule has 0 spiro atoms. The molecule has 2 bridgehead atoms. The molecule has 0 amide bonds. The second-order valence-corrected chi connectivity index (χ2v) is 23.4. The minimum absolute atomic E-state index is 0.00535. The molecular weight excluding hydrogens is 537 g/mol. The first-order chi connectivity index (χ1) is 17.6. The Hall–Kier alpha value is -1.85. The van der Waals surface area contributed by atoms with Gasteiger partial charge < -0.3 is 13.6 Å². The van der Waals surface area contributed by atoms with Crippen LogP contribution in [0.5, 0.6) is 5.75 Å². The van der Waals surface area contributed by atoms with Crippen molar-refractivity contribution in [3.8, 4) is 5.75 Å². The van der Waals surface area contributed by atoms with Gasteiger partial charge in [0.25, 0.3) is 0 Å². The minimum Gasteiger partial charge on any atom is -0.546 e. The number of halogens is 3. The quantitative estimate of drug-likeness (QED) is 0.216. The number of hydrogen-bond acceptors (Lipinski definition) is 4. The van der Waals surface area contributed by atoms with Crippen LogP contribution in [-0.2, 0) is 19.8 Å². The zero-order valence-corrected chi connectivity index (χ0v) is 27.0. The third kappa shape index (κ3) is 7.27. The maximum Gasteiger partial charge on any atom is 0.416 e. The van der Waals surface area contributed by atoms with E-state index in [1.54, 1.807) is 0 Å². The van der Waals surface area contributed by atoms with Gasteiger partial charge in [0.2, 0.25) is 8.32 Å². The summed E-state index contributed by atoms with van der Waals surface area (Å²) in [6, 6.07) is 4.90. The fourth-order valence-corrected chi connectivity index (χ4v) is 6.81. The van der Waals surface area contributed by atoms with Gasteiger partial charge in [-0.3, -0.25) is 4.79 Å². The number of fused-ring (bicyclic) bond motifs is 2. The minimum atomic E-state index is -4.44. The molecule has 39 heavy (non-hydrogen) atoms. The normalized spacial score (nSPS) is 23.4. The van der Waals surface area contributed by atoms with E-state index in [2.05, 4.69) is 67.7 Å². The van der Waals surface area contributed by atoms with Crippen LogP contribution in [0.25, 0.3) is 0 Å². The zero-order valence-electron chi connectivity index (χ0n) is 25.0. The van der Waals surface area contributed by atoms with Gasteiger partial charge in [-0.25, -0.2) is 0 Å². The summed E-state index contributed by atoms with van der Waals surface area (Å²) in [6.45, 7) is 21.8. The van der Waals surface area contributed by atoms with Crippen LogP contribution in [0.1, 0.15) is 53.5 Å². The Bertz CT molecular complexity index is 1110. The van der Waals surface area contributed by atoms with Crippen molar-refractivity contribution < 1.29 is 31.6 Å². The SMILES string of the molecule is CC(C)(C)[Si](C)(C)OC1=CC2C(=O)CC1C2/C=C/[C@H](COc1cccc(C(F)(F)F)c1)O[Si](C)(C)C(C)(C)C. The Labute approximate surface area is 234 Å². The molecule has 3 unspecified atom stereocenters. The zero-order chi connectivity index (χ0) is 29.6. The number of ether oxygens (including phenoxy) is 1. The summed E-state index contributed by atoms with van der Waals surface area (Å²) in [5.41, 5.74) is -0.751. The van der Waals surface area contributed by atoms with E-state index in [1.165, 1.54) is 12.1 Å². The number of rotatable bonds is 9. The highest BCUT2D eigenvalue weighted by molar-refractivity contribution is 6.74. The van der Waals surface area contributed by atoms with E-state index >= 15 is 0 Å². The van der Waals surface area contributed by atoms with E-state index in [0.29, 0.717) is 6.42 Å². The Morgan fingerprint density at radius 1 is 1.00 bits per heavy atom. The number of alkyl halides is 3. The predicted octanol–water partition coefficient (Wildman–Crippen LogP) is 8.77. The highest BCUT2D eigenvalue weighted by Gasteiger charge is 2.50. The number of allylic oxidation sites excluding steroid dienone is 3. The summed E-state index contributed by atoms with van der Waals surface area (Å²) >= 11 is 0. The number of carbonyl (C=O) groups is 1. The van der Waals surface area contributed by atoms with Crippen LogP contribution >= 0.6 is 0 Å². The fourth-order valence-electron chi connectivity index (χ4n) is 4.44. The van der Waals surface area contributed by atoms with Gasteiger partial charge in [-0.15, -0.1) is 0 Å². The molecule has 0 aromatic heterocycles. The molecule has 1 saturated carbocycles. The van der Waals surface area contributed by atoms with Crippen LogP contribution in [-0.4, -0.2) is 35.1 Å². The lowest BCUT2D eigenvalue weighted by Crippen LogP contribution is -2.45. The lowest BCUT2D eigenvalue weighted by molar-refractivity contribution is -0.137.